The first kappa shape index (κ1) is 20.3. The zero-order valence-electron chi connectivity index (χ0n) is 16.5. The van der Waals surface area contributed by atoms with Crippen LogP contribution in [0.3, 0.4) is 0 Å². The van der Waals surface area contributed by atoms with Crippen LogP contribution in [-0.4, -0.2) is 71.1 Å². The van der Waals surface area contributed by atoms with Crippen molar-refractivity contribution in [2.75, 3.05) is 31.6 Å². The Labute approximate surface area is 167 Å². The Kier molecular flexibility index (Phi) is 5.39. The summed E-state index contributed by atoms with van der Waals surface area (Å²) in [4.78, 5) is 12.3. The molecule has 4 atom stereocenters. The van der Waals surface area contributed by atoms with E-state index in [4.69, 9.17) is 0 Å². The van der Waals surface area contributed by atoms with E-state index in [2.05, 4.69) is 15.3 Å². The van der Waals surface area contributed by atoms with Gasteiger partial charge in [-0.05, 0) is 38.4 Å². The van der Waals surface area contributed by atoms with E-state index in [0.29, 0.717) is 29.7 Å². The third-order valence-electron chi connectivity index (χ3n) is 6.11. The predicted octanol–water partition coefficient (Wildman–Crippen LogP) is 2.31. The van der Waals surface area contributed by atoms with Gasteiger partial charge in [0.2, 0.25) is 0 Å². The summed E-state index contributed by atoms with van der Waals surface area (Å²) in [6.45, 7) is 2.95. The van der Waals surface area contributed by atoms with Gasteiger partial charge in [0.15, 0.2) is 0 Å². The van der Waals surface area contributed by atoms with Gasteiger partial charge >= 0.3 is 6.18 Å². The summed E-state index contributed by atoms with van der Waals surface area (Å²) in [5.74, 6) is -1.45. The van der Waals surface area contributed by atoms with Crippen LogP contribution in [0.4, 0.5) is 18.9 Å². The zero-order valence-corrected chi connectivity index (χ0v) is 16.5. The summed E-state index contributed by atoms with van der Waals surface area (Å²) in [7, 11) is 1.81. The number of alkyl halides is 3. The van der Waals surface area contributed by atoms with Crippen molar-refractivity contribution >= 4 is 16.7 Å². The molecule has 9 heteroatoms. The van der Waals surface area contributed by atoms with Crippen LogP contribution in [0.1, 0.15) is 18.4 Å². The fourth-order valence-electron chi connectivity index (χ4n) is 4.49. The van der Waals surface area contributed by atoms with Gasteiger partial charge in [0.1, 0.15) is 11.7 Å². The summed E-state index contributed by atoms with van der Waals surface area (Å²) in [5.41, 5.74) is 2.93. The molecule has 2 aliphatic heterocycles. The van der Waals surface area contributed by atoms with Gasteiger partial charge in [0.05, 0.1) is 17.1 Å². The van der Waals surface area contributed by atoms with E-state index in [-0.39, 0.29) is 25.0 Å². The van der Waals surface area contributed by atoms with Gasteiger partial charge in [0, 0.05) is 44.1 Å². The lowest BCUT2D eigenvalue weighted by molar-refractivity contribution is -0.178. The van der Waals surface area contributed by atoms with Gasteiger partial charge < -0.3 is 15.3 Å². The number of aliphatic hydroxyl groups excluding tert-OH is 1. The third kappa shape index (κ3) is 4.04. The first-order chi connectivity index (χ1) is 13.7. The number of aryl methyl sites for hydroxylation is 1. The lowest BCUT2D eigenvalue weighted by atomic mass is 9.92. The molecule has 0 aliphatic carbocycles. The Balaban J connectivity index is 1.63. The highest BCUT2D eigenvalue weighted by Crippen LogP contribution is 2.37. The highest BCUT2D eigenvalue weighted by Gasteiger charge is 2.45. The molecule has 0 amide bonds. The molecular weight excluding hydrogens is 383 g/mol. The van der Waals surface area contributed by atoms with Gasteiger partial charge in [0.25, 0.3) is 0 Å². The SMILES string of the molecule is Cc1ccc(N2CC(NC3CCN(C)C3O)CC(C(F)(F)F)C2)c2nccnc12. The normalized spacial score (nSPS) is 29.0. The van der Waals surface area contributed by atoms with Gasteiger partial charge in [-0.1, -0.05) is 6.07 Å². The van der Waals surface area contributed by atoms with Crippen molar-refractivity contribution in [2.24, 2.45) is 5.92 Å². The Morgan fingerprint density at radius 2 is 1.86 bits per heavy atom. The largest absolute Gasteiger partial charge is 0.393 e. The van der Waals surface area contributed by atoms with Crippen LogP contribution < -0.4 is 10.2 Å². The van der Waals surface area contributed by atoms with E-state index in [1.54, 1.807) is 17.3 Å². The van der Waals surface area contributed by atoms with Crippen LogP contribution >= 0.6 is 0 Å². The number of benzene rings is 1. The Morgan fingerprint density at radius 3 is 2.52 bits per heavy atom. The lowest BCUT2D eigenvalue weighted by Crippen LogP contribution is -2.56. The van der Waals surface area contributed by atoms with Crippen LogP contribution in [0.5, 0.6) is 0 Å². The molecular formula is C20H26F3N5O. The van der Waals surface area contributed by atoms with Gasteiger partial charge in [-0.3, -0.25) is 14.9 Å². The number of hydrogen-bond acceptors (Lipinski definition) is 6. The fraction of sp³-hybridized carbons (Fsp3) is 0.600. The number of piperidine rings is 1. The molecule has 2 aromatic rings. The van der Waals surface area contributed by atoms with Crippen molar-refractivity contribution in [3.05, 3.63) is 30.1 Å². The van der Waals surface area contributed by atoms with Gasteiger partial charge in [-0.25, -0.2) is 0 Å². The molecule has 4 unspecified atom stereocenters. The average Bonchev–Trinajstić information content (AvgIpc) is 3.00. The standard InChI is InChI=1S/C20H26F3N5O/c1-12-3-4-16(18-17(12)24-6-7-25-18)28-10-13(20(21,22)23)9-14(11-28)26-15-5-8-27(2)19(15)29/h3-4,6-7,13-15,19,26,29H,5,8-11H2,1-2H3. The quantitative estimate of drug-likeness (QED) is 0.811. The predicted molar refractivity (Wildman–Crippen MR) is 105 cm³/mol. The molecule has 6 nitrogen and oxygen atoms in total. The maximum absolute atomic E-state index is 13.7. The van der Waals surface area contributed by atoms with E-state index in [0.717, 1.165) is 12.1 Å². The number of hydrogen-bond donors (Lipinski definition) is 2. The number of rotatable bonds is 3. The van der Waals surface area contributed by atoms with Crippen LogP contribution in [0, 0.1) is 12.8 Å². The van der Waals surface area contributed by atoms with E-state index in [1.165, 1.54) is 0 Å². The minimum Gasteiger partial charge on any atom is -0.377 e. The second-order valence-electron chi connectivity index (χ2n) is 8.19. The van der Waals surface area contributed by atoms with Crippen LogP contribution in [0.25, 0.3) is 11.0 Å². The molecule has 2 aliphatic rings. The summed E-state index contributed by atoms with van der Waals surface area (Å²) in [6, 6.07) is 3.10. The first-order valence-corrected chi connectivity index (χ1v) is 9.90. The maximum Gasteiger partial charge on any atom is 0.393 e. The van der Waals surface area contributed by atoms with Crippen molar-refractivity contribution < 1.29 is 18.3 Å². The first-order valence-electron chi connectivity index (χ1n) is 9.90. The molecule has 2 N–H and O–H groups in total. The van der Waals surface area contributed by atoms with E-state index in [9.17, 15) is 18.3 Å². The number of halogens is 3. The molecule has 3 heterocycles. The maximum atomic E-state index is 13.7. The smallest absolute Gasteiger partial charge is 0.377 e. The van der Waals surface area contributed by atoms with E-state index < -0.39 is 18.3 Å². The number of nitrogens with zero attached hydrogens (tertiary/aromatic N) is 4. The number of likely N-dealkylation sites (N-methyl/N-ethyl adjacent to an activating group) is 1. The van der Waals surface area contributed by atoms with Crippen LogP contribution in [0.15, 0.2) is 24.5 Å². The third-order valence-corrected chi connectivity index (χ3v) is 6.11. The molecule has 0 radical (unpaired) electrons. The minimum absolute atomic E-state index is 0.00239. The molecule has 158 valence electrons. The molecule has 2 fully saturated rings. The second-order valence-corrected chi connectivity index (χ2v) is 8.19. The van der Waals surface area contributed by atoms with Crippen molar-refractivity contribution in [3.8, 4) is 0 Å². The Hall–Kier alpha value is -1.97. The Bertz CT molecular complexity index is 877. The lowest BCUT2D eigenvalue weighted by Gasteiger charge is -2.41. The summed E-state index contributed by atoms with van der Waals surface area (Å²) < 4.78 is 41.1. The molecule has 1 aromatic heterocycles. The van der Waals surface area contributed by atoms with Crippen molar-refractivity contribution in [1.82, 2.24) is 20.2 Å². The van der Waals surface area contributed by atoms with Crippen LogP contribution in [-0.2, 0) is 0 Å². The molecule has 2 saturated heterocycles. The summed E-state index contributed by atoms with van der Waals surface area (Å²) in [6.07, 6.45) is -1.09. The fourth-order valence-corrected chi connectivity index (χ4v) is 4.49. The number of likely N-dealkylation sites (tertiary alicyclic amines) is 1. The summed E-state index contributed by atoms with van der Waals surface area (Å²) in [5, 5.41) is 13.6. The molecule has 0 saturated carbocycles. The van der Waals surface area contributed by atoms with Crippen LogP contribution in [0.2, 0.25) is 0 Å². The van der Waals surface area contributed by atoms with Crippen molar-refractivity contribution in [1.29, 1.82) is 0 Å². The number of anilines is 1. The Morgan fingerprint density at radius 1 is 1.14 bits per heavy atom. The number of aromatic nitrogens is 2. The number of aliphatic hydroxyl groups is 1. The van der Waals surface area contributed by atoms with Gasteiger partial charge in [-0.15, -0.1) is 0 Å². The van der Waals surface area contributed by atoms with E-state index in [1.807, 2.05) is 31.0 Å². The molecule has 1 aromatic carbocycles. The highest BCUT2D eigenvalue weighted by atomic mass is 19.4. The zero-order chi connectivity index (χ0) is 20.8. The average molecular weight is 409 g/mol. The summed E-state index contributed by atoms with van der Waals surface area (Å²) >= 11 is 0. The molecule has 0 bridgehead atoms. The second kappa shape index (κ2) is 7.70. The topological polar surface area (TPSA) is 64.5 Å². The molecule has 0 spiro atoms. The number of fused-ring (bicyclic) bond motifs is 1. The van der Waals surface area contributed by atoms with E-state index >= 15 is 0 Å². The minimum atomic E-state index is -4.28. The number of nitrogens with one attached hydrogen (secondary N) is 1. The van der Waals surface area contributed by atoms with Gasteiger partial charge in [-0.2, -0.15) is 13.2 Å². The molecule has 29 heavy (non-hydrogen) atoms. The monoisotopic (exact) mass is 409 g/mol. The van der Waals surface area contributed by atoms with Crippen molar-refractivity contribution in [2.45, 2.75) is 44.3 Å². The highest BCUT2D eigenvalue weighted by molar-refractivity contribution is 5.90. The molecule has 4 rings (SSSR count). The van der Waals surface area contributed by atoms with Crippen molar-refractivity contribution in [3.63, 3.8) is 0 Å².